The standard InChI is InChI=1S/C11H25N/c1-4-7-8-11(6-3)10-12-9-5-2/h11-12H,4-10H2,1-3H3. The Hall–Kier alpha value is -0.0400. The lowest BCUT2D eigenvalue weighted by Gasteiger charge is -2.14. The van der Waals surface area contributed by atoms with E-state index in [1.807, 2.05) is 0 Å². The molecule has 0 aromatic heterocycles. The van der Waals surface area contributed by atoms with Crippen LogP contribution in [0.2, 0.25) is 0 Å². The highest BCUT2D eigenvalue weighted by molar-refractivity contribution is 4.60. The Morgan fingerprint density at radius 1 is 1.08 bits per heavy atom. The van der Waals surface area contributed by atoms with Gasteiger partial charge in [-0.3, -0.25) is 0 Å². The lowest BCUT2D eigenvalue weighted by atomic mass is 9.99. The summed E-state index contributed by atoms with van der Waals surface area (Å²) in [5.74, 6) is 0.913. The third kappa shape index (κ3) is 6.66. The van der Waals surface area contributed by atoms with Gasteiger partial charge < -0.3 is 5.32 Å². The predicted octanol–water partition coefficient (Wildman–Crippen LogP) is 3.20. The van der Waals surface area contributed by atoms with Crippen molar-refractivity contribution in [2.24, 2.45) is 5.92 Å². The minimum atomic E-state index is 0.913. The summed E-state index contributed by atoms with van der Waals surface area (Å²) in [5, 5.41) is 3.49. The zero-order valence-electron chi connectivity index (χ0n) is 9.03. The van der Waals surface area contributed by atoms with E-state index in [-0.39, 0.29) is 0 Å². The van der Waals surface area contributed by atoms with E-state index >= 15 is 0 Å². The van der Waals surface area contributed by atoms with Crippen molar-refractivity contribution >= 4 is 0 Å². The number of hydrogen-bond acceptors (Lipinski definition) is 1. The third-order valence-electron chi connectivity index (χ3n) is 2.40. The van der Waals surface area contributed by atoms with Crippen molar-refractivity contribution in [2.45, 2.75) is 52.9 Å². The van der Waals surface area contributed by atoms with E-state index in [9.17, 15) is 0 Å². The molecule has 74 valence electrons. The fraction of sp³-hybridized carbons (Fsp3) is 1.00. The zero-order chi connectivity index (χ0) is 9.23. The first kappa shape index (κ1) is 12.0. The van der Waals surface area contributed by atoms with Gasteiger partial charge in [0, 0.05) is 0 Å². The van der Waals surface area contributed by atoms with Gasteiger partial charge >= 0.3 is 0 Å². The number of nitrogens with one attached hydrogen (secondary N) is 1. The molecule has 0 aromatic rings. The molecule has 1 unspecified atom stereocenters. The summed E-state index contributed by atoms with van der Waals surface area (Å²) in [7, 11) is 0. The quantitative estimate of drug-likeness (QED) is 0.553. The fourth-order valence-corrected chi connectivity index (χ4v) is 1.43. The minimum Gasteiger partial charge on any atom is -0.316 e. The highest BCUT2D eigenvalue weighted by atomic mass is 14.8. The van der Waals surface area contributed by atoms with E-state index in [1.54, 1.807) is 0 Å². The van der Waals surface area contributed by atoms with Crippen LogP contribution in [0.5, 0.6) is 0 Å². The van der Waals surface area contributed by atoms with Crippen molar-refractivity contribution in [3.63, 3.8) is 0 Å². The van der Waals surface area contributed by atoms with Crippen LogP contribution in [-0.2, 0) is 0 Å². The second-order valence-corrected chi connectivity index (χ2v) is 3.62. The summed E-state index contributed by atoms with van der Waals surface area (Å²) < 4.78 is 0. The Labute approximate surface area is 77.9 Å². The van der Waals surface area contributed by atoms with Crippen LogP contribution in [0.3, 0.4) is 0 Å². The zero-order valence-corrected chi connectivity index (χ0v) is 9.03. The third-order valence-corrected chi connectivity index (χ3v) is 2.40. The van der Waals surface area contributed by atoms with Crippen LogP contribution in [0.15, 0.2) is 0 Å². The van der Waals surface area contributed by atoms with Crippen molar-refractivity contribution < 1.29 is 0 Å². The topological polar surface area (TPSA) is 12.0 Å². The molecule has 0 saturated carbocycles. The summed E-state index contributed by atoms with van der Waals surface area (Å²) in [6.45, 7) is 9.20. The Balaban J connectivity index is 3.26. The molecule has 1 atom stereocenters. The highest BCUT2D eigenvalue weighted by Gasteiger charge is 2.03. The normalized spacial score (nSPS) is 13.2. The molecule has 0 aliphatic rings. The fourth-order valence-electron chi connectivity index (χ4n) is 1.43. The van der Waals surface area contributed by atoms with Crippen molar-refractivity contribution in [1.29, 1.82) is 0 Å². The maximum atomic E-state index is 3.49. The van der Waals surface area contributed by atoms with Gasteiger partial charge in [0.15, 0.2) is 0 Å². The molecule has 1 nitrogen and oxygen atoms in total. The smallest absolute Gasteiger partial charge is 0.00206 e. The minimum absolute atomic E-state index is 0.913. The van der Waals surface area contributed by atoms with Crippen LogP contribution in [0.25, 0.3) is 0 Å². The van der Waals surface area contributed by atoms with Crippen molar-refractivity contribution in [3.05, 3.63) is 0 Å². The van der Waals surface area contributed by atoms with Crippen LogP contribution >= 0.6 is 0 Å². The lowest BCUT2D eigenvalue weighted by molar-refractivity contribution is 0.420. The first-order chi connectivity index (χ1) is 5.85. The number of unbranched alkanes of at least 4 members (excludes halogenated alkanes) is 1. The average Bonchev–Trinajstić information content (AvgIpc) is 2.11. The van der Waals surface area contributed by atoms with Gasteiger partial charge in [-0.05, 0) is 31.8 Å². The first-order valence-electron chi connectivity index (χ1n) is 5.55. The van der Waals surface area contributed by atoms with E-state index in [2.05, 4.69) is 26.1 Å². The average molecular weight is 171 g/mol. The van der Waals surface area contributed by atoms with Gasteiger partial charge in [0.05, 0.1) is 0 Å². The Morgan fingerprint density at radius 3 is 2.33 bits per heavy atom. The molecule has 0 aliphatic carbocycles. The molecule has 1 heteroatoms. The Bertz CT molecular complexity index is 81.1. The summed E-state index contributed by atoms with van der Waals surface area (Å²) >= 11 is 0. The monoisotopic (exact) mass is 171 g/mol. The number of rotatable bonds is 8. The molecule has 0 aliphatic heterocycles. The molecular formula is C11H25N. The van der Waals surface area contributed by atoms with E-state index in [0.29, 0.717) is 0 Å². The molecule has 12 heavy (non-hydrogen) atoms. The van der Waals surface area contributed by atoms with Crippen molar-refractivity contribution in [3.8, 4) is 0 Å². The second kappa shape index (κ2) is 9.05. The molecule has 1 N–H and O–H groups in total. The van der Waals surface area contributed by atoms with Crippen molar-refractivity contribution in [1.82, 2.24) is 5.32 Å². The van der Waals surface area contributed by atoms with E-state index < -0.39 is 0 Å². The van der Waals surface area contributed by atoms with Gasteiger partial charge in [0.25, 0.3) is 0 Å². The van der Waals surface area contributed by atoms with Crippen LogP contribution in [-0.4, -0.2) is 13.1 Å². The van der Waals surface area contributed by atoms with Crippen LogP contribution in [0.4, 0.5) is 0 Å². The van der Waals surface area contributed by atoms with E-state index in [4.69, 9.17) is 0 Å². The molecule has 0 rings (SSSR count). The molecular weight excluding hydrogens is 146 g/mol. The molecule has 0 saturated heterocycles. The maximum absolute atomic E-state index is 3.49. The molecule has 0 heterocycles. The molecule has 0 aromatic carbocycles. The summed E-state index contributed by atoms with van der Waals surface area (Å²) in [6.07, 6.45) is 6.72. The molecule has 0 amide bonds. The predicted molar refractivity (Wildman–Crippen MR) is 56.5 cm³/mol. The lowest BCUT2D eigenvalue weighted by Crippen LogP contribution is -2.23. The van der Waals surface area contributed by atoms with Gasteiger partial charge in [0.2, 0.25) is 0 Å². The SMILES string of the molecule is CCCCC(CC)CNCCC. The van der Waals surface area contributed by atoms with Gasteiger partial charge in [-0.25, -0.2) is 0 Å². The van der Waals surface area contributed by atoms with Gasteiger partial charge in [-0.2, -0.15) is 0 Å². The summed E-state index contributed by atoms with van der Waals surface area (Å²) in [4.78, 5) is 0. The van der Waals surface area contributed by atoms with Gasteiger partial charge in [-0.15, -0.1) is 0 Å². The van der Waals surface area contributed by atoms with E-state index in [1.165, 1.54) is 45.2 Å². The van der Waals surface area contributed by atoms with Crippen LogP contribution in [0, 0.1) is 5.92 Å². The Kier molecular flexibility index (Phi) is 9.02. The maximum Gasteiger partial charge on any atom is -0.00206 e. The highest BCUT2D eigenvalue weighted by Crippen LogP contribution is 2.10. The molecule has 0 bridgehead atoms. The van der Waals surface area contributed by atoms with Crippen LogP contribution < -0.4 is 5.32 Å². The van der Waals surface area contributed by atoms with Crippen LogP contribution in [0.1, 0.15) is 52.9 Å². The molecule has 0 spiro atoms. The number of hydrogen-bond donors (Lipinski definition) is 1. The second-order valence-electron chi connectivity index (χ2n) is 3.62. The largest absolute Gasteiger partial charge is 0.316 e. The molecule has 0 fully saturated rings. The van der Waals surface area contributed by atoms with Gasteiger partial charge in [-0.1, -0.05) is 40.0 Å². The molecule has 0 radical (unpaired) electrons. The Morgan fingerprint density at radius 2 is 1.83 bits per heavy atom. The summed E-state index contributed by atoms with van der Waals surface area (Å²) in [6, 6.07) is 0. The first-order valence-corrected chi connectivity index (χ1v) is 5.55. The summed E-state index contributed by atoms with van der Waals surface area (Å²) in [5.41, 5.74) is 0. The van der Waals surface area contributed by atoms with E-state index in [0.717, 1.165) is 5.92 Å². The van der Waals surface area contributed by atoms with Gasteiger partial charge in [0.1, 0.15) is 0 Å². The van der Waals surface area contributed by atoms with Crippen molar-refractivity contribution in [2.75, 3.05) is 13.1 Å².